The molecule has 0 aliphatic heterocycles. The van der Waals surface area contributed by atoms with Crippen molar-refractivity contribution in [2.75, 3.05) is 0 Å². The van der Waals surface area contributed by atoms with Crippen LogP contribution < -0.4 is 5.56 Å². The van der Waals surface area contributed by atoms with Gasteiger partial charge in [0.1, 0.15) is 0 Å². The minimum absolute atomic E-state index is 0.107. The van der Waals surface area contributed by atoms with Gasteiger partial charge in [0.05, 0.1) is 12.7 Å². The monoisotopic (exact) mass is 310 g/mol. The molecular formula is C8H8ClIN2O. The van der Waals surface area contributed by atoms with Gasteiger partial charge in [-0.1, -0.05) is 11.6 Å². The molecule has 1 aromatic heterocycles. The highest BCUT2D eigenvalue weighted by Crippen LogP contribution is 1.99. The molecule has 0 spiro atoms. The Morgan fingerprint density at radius 2 is 2.54 bits per heavy atom. The second kappa shape index (κ2) is 4.76. The number of aromatic nitrogens is 2. The lowest BCUT2D eigenvalue weighted by Crippen LogP contribution is -2.22. The first-order valence-electron chi connectivity index (χ1n) is 3.62. The molecule has 0 unspecified atom stereocenters. The summed E-state index contributed by atoms with van der Waals surface area (Å²) in [6.45, 7) is 2.29. The molecule has 1 rings (SSSR count). The van der Waals surface area contributed by atoms with Gasteiger partial charge in [-0.15, -0.1) is 0 Å². The van der Waals surface area contributed by atoms with Gasteiger partial charge in [0.25, 0.3) is 5.56 Å². The van der Waals surface area contributed by atoms with E-state index in [-0.39, 0.29) is 5.56 Å². The SMILES string of the molecule is CC(=CCl)Cn1ncc(I)cc1=O. The number of hydrogen-bond donors (Lipinski definition) is 0. The minimum Gasteiger partial charge on any atom is -0.268 e. The van der Waals surface area contributed by atoms with Crippen molar-refractivity contribution in [2.45, 2.75) is 13.5 Å². The predicted octanol–water partition coefficient (Wildman–Crippen LogP) is 1.99. The summed E-state index contributed by atoms with van der Waals surface area (Å²) < 4.78 is 2.21. The zero-order chi connectivity index (χ0) is 9.84. The quantitative estimate of drug-likeness (QED) is 0.783. The van der Waals surface area contributed by atoms with Gasteiger partial charge in [-0.25, -0.2) is 4.68 Å². The molecule has 0 aromatic carbocycles. The van der Waals surface area contributed by atoms with Gasteiger partial charge in [0.2, 0.25) is 0 Å². The number of nitrogens with zero attached hydrogens (tertiary/aromatic N) is 2. The average molecular weight is 311 g/mol. The summed E-state index contributed by atoms with van der Waals surface area (Å²) in [4.78, 5) is 11.3. The summed E-state index contributed by atoms with van der Waals surface area (Å²) in [5.41, 5.74) is 2.24. The first-order chi connectivity index (χ1) is 6.13. The van der Waals surface area contributed by atoms with E-state index >= 15 is 0 Å². The molecule has 0 atom stereocenters. The molecule has 0 aliphatic rings. The molecule has 0 bridgehead atoms. The average Bonchev–Trinajstić information content (AvgIpc) is 2.09. The molecule has 1 heterocycles. The molecule has 0 radical (unpaired) electrons. The van der Waals surface area contributed by atoms with Crippen molar-refractivity contribution in [3.05, 3.63) is 37.3 Å². The van der Waals surface area contributed by atoms with Crippen molar-refractivity contribution in [3.63, 3.8) is 0 Å². The molecule has 70 valence electrons. The van der Waals surface area contributed by atoms with Crippen LogP contribution in [-0.2, 0) is 6.54 Å². The Morgan fingerprint density at radius 3 is 3.08 bits per heavy atom. The molecule has 13 heavy (non-hydrogen) atoms. The lowest BCUT2D eigenvalue weighted by atomic mass is 10.3. The normalized spacial score (nSPS) is 11.8. The van der Waals surface area contributed by atoms with E-state index in [1.165, 1.54) is 16.3 Å². The van der Waals surface area contributed by atoms with Gasteiger partial charge in [-0.05, 0) is 35.1 Å². The Hall–Kier alpha value is -0.360. The number of rotatable bonds is 2. The first kappa shape index (κ1) is 10.7. The Labute approximate surface area is 94.5 Å². The van der Waals surface area contributed by atoms with Crippen LogP contribution >= 0.6 is 34.2 Å². The molecule has 0 fully saturated rings. The van der Waals surface area contributed by atoms with Crippen LogP contribution in [0, 0.1) is 3.57 Å². The van der Waals surface area contributed by atoms with E-state index in [9.17, 15) is 4.79 Å². The maximum absolute atomic E-state index is 11.3. The maximum atomic E-state index is 11.3. The standard InChI is InChI=1S/C8H8ClIN2O/c1-6(3-9)5-12-8(13)2-7(10)4-11-12/h2-4H,5H2,1H3. The summed E-state index contributed by atoms with van der Waals surface area (Å²) in [7, 11) is 0. The second-order valence-electron chi connectivity index (χ2n) is 2.63. The highest BCUT2D eigenvalue weighted by molar-refractivity contribution is 14.1. The Bertz CT molecular complexity index is 386. The van der Waals surface area contributed by atoms with Crippen LogP contribution in [0.25, 0.3) is 0 Å². The van der Waals surface area contributed by atoms with Crippen molar-refractivity contribution in [2.24, 2.45) is 0 Å². The van der Waals surface area contributed by atoms with Gasteiger partial charge in [0, 0.05) is 15.2 Å². The molecule has 0 aliphatic carbocycles. The van der Waals surface area contributed by atoms with Crippen molar-refractivity contribution in [1.82, 2.24) is 9.78 Å². The summed E-state index contributed by atoms with van der Waals surface area (Å²) in [6, 6.07) is 1.54. The van der Waals surface area contributed by atoms with E-state index in [1.807, 2.05) is 29.5 Å². The summed E-state index contributed by atoms with van der Waals surface area (Å²) in [6.07, 6.45) is 1.64. The molecule has 3 nitrogen and oxygen atoms in total. The van der Waals surface area contributed by atoms with Gasteiger partial charge in [-0.3, -0.25) is 4.79 Å². The summed E-state index contributed by atoms with van der Waals surface area (Å²) >= 11 is 7.53. The fourth-order valence-electron chi connectivity index (χ4n) is 0.801. The Kier molecular flexibility index (Phi) is 3.92. The number of hydrogen-bond acceptors (Lipinski definition) is 2. The zero-order valence-corrected chi connectivity index (χ0v) is 9.91. The van der Waals surface area contributed by atoms with Crippen LogP contribution in [0.2, 0.25) is 0 Å². The second-order valence-corrected chi connectivity index (χ2v) is 4.09. The van der Waals surface area contributed by atoms with Crippen LogP contribution in [0.15, 0.2) is 28.2 Å². The Balaban J connectivity index is 2.97. The molecule has 1 aromatic rings. The van der Waals surface area contributed by atoms with E-state index in [4.69, 9.17) is 11.6 Å². The Morgan fingerprint density at radius 1 is 1.85 bits per heavy atom. The maximum Gasteiger partial charge on any atom is 0.268 e. The molecule has 0 N–H and O–H groups in total. The third-order valence-electron chi connectivity index (χ3n) is 1.42. The number of halogens is 2. The molecule has 5 heteroatoms. The van der Waals surface area contributed by atoms with Crippen molar-refractivity contribution < 1.29 is 0 Å². The van der Waals surface area contributed by atoms with E-state index in [0.29, 0.717) is 6.54 Å². The summed E-state index contributed by atoms with van der Waals surface area (Å²) in [5.74, 6) is 0. The van der Waals surface area contributed by atoms with Crippen LogP contribution in [0.1, 0.15) is 6.92 Å². The van der Waals surface area contributed by atoms with Crippen molar-refractivity contribution in [3.8, 4) is 0 Å². The third-order valence-corrected chi connectivity index (χ3v) is 2.38. The van der Waals surface area contributed by atoms with E-state index in [0.717, 1.165) is 9.14 Å². The fourth-order valence-corrected chi connectivity index (χ4v) is 1.26. The van der Waals surface area contributed by atoms with Gasteiger partial charge < -0.3 is 0 Å². The van der Waals surface area contributed by atoms with Crippen LogP contribution in [0.5, 0.6) is 0 Å². The lowest BCUT2D eigenvalue weighted by molar-refractivity contribution is 0.629. The largest absolute Gasteiger partial charge is 0.268 e. The van der Waals surface area contributed by atoms with Crippen molar-refractivity contribution >= 4 is 34.2 Å². The van der Waals surface area contributed by atoms with Crippen molar-refractivity contribution in [1.29, 1.82) is 0 Å². The van der Waals surface area contributed by atoms with E-state index in [2.05, 4.69) is 5.10 Å². The van der Waals surface area contributed by atoms with Gasteiger partial charge in [0.15, 0.2) is 0 Å². The highest BCUT2D eigenvalue weighted by atomic mass is 127. The minimum atomic E-state index is -0.107. The lowest BCUT2D eigenvalue weighted by Gasteiger charge is -2.02. The van der Waals surface area contributed by atoms with Gasteiger partial charge >= 0.3 is 0 Å². The van der Waals surface area contributed by atoms with Crippen LogP contribution in [0.4, 0.5) is 0 Å². The highest BCUT2D eigenvalue weighted by Gasteiger charge is 1.98. The van der Waals surface area contributed by atoms with Crippen LogP contribution in [-0.4, -0.2) is 9.78 Å². The molecule has 0 amide bonds. The van der Waals surface area contributed by atoms with E-state index < -0.39 is 0 Å². The van der Waals surface area contributed by atoms with Gasteiger partial charge in [-0.2, -0.15) is 5.10 Å². The first-order valence-corrected chi connectivity index (χ1v) is 5.13. The van der Waals surface area contributed by atoms with E-state index in [1.54, 1.807) is 6.20 Å². The molecule has 0 saturated heterocycles. The molecule has 0 saturated carbocycles. The molecular weight excluding hydrogens is 302 g/mol. The predicted molar refractivity (Wildman–Crippen MR) is 60.8 cm³/mol. The topological polar surface area (TPSA) is 34.9 Å². The summed E-state index contributed by atoms with van der Waals surface area (Å²) in [5, 5.41) is 3.96. The fraction of sp³-hybridized carbons (Fsp3) is 0.250. The third kappa shape index (κ3) is 3.11. The van der Waals surface area contributed by atoms with Crippen LogP contribution in [0.3, 0.4) is 0 Å². The zero-order valence-electron chi connectivity index (χ0n) is 7.00. The smallest absolute Gasteiger partial charge is 0.268 e. The number of allylic oxidation sites excluding steroid dienone is 1.